The van der Waals surface area contributed by atoms with Crippen molar-refractivity contribution in [3.05, 3.63) is 0 Å². The van der Waals surface area contributed by atoms with Gasteiger partial charge in [0.25, 0.3) is 0 Å². The second kappa shape index (κ2) is 13.6. The summed E-state index contributed by atoms with van der Waals surface area (Å²) in [5.74, 6) is 0. The fraction of sp³-hybridized carbons (Fsp3) is 1.00. The smallest absolute Gasteiger partial charge is 0.0486 e. The summed E-state index contributed by atoms with van der Waals surface area (Å²) >= 11 is 0. The predicted molar refractivity (Wildman–Crippen MR) is 103 cm³/mol. The summed E-state index contributed by atoms with van der Waals surface area (Å²) in [6.45, 7) is 3.33. The van der Waals surface area contributed by atoms with Crippen molar-refractivity contribution in [1.82, 2.24) is 0 Å². The van der Waals surface area contributed by atoms with E-state index in [0.717, 1.165) is 6.61 Å². The number of rotatable bonds is 14. The summed E-state index contributed by atoms with van der Waals surface area (Å²) in [7, 11) is 1.23. The van der Waals surface area contributed by atoms with Gasteiger partial charge in [0.2, 0.25) is 0 Å². The van der Waals surface area contributed by atoms with Gasteiger partial charge in [0.1, 0.15) is 0 Å². The normalized spacial score (nSPS) is 22.2. The second-order valence-electron chi connectivity index (χ2n) is 7.75. The highest BCUT2D eigenvalue weighted by Crippen LogP contribution is 2.27. The van der Waals surface area contributed by atoms with Crippen LogP contribution in [0.3, 0.4) is 0 Å². The van der Waals surface area contributed by atoms with Crippen LogP contribution in [0.15, 0.2) is 0 Å². The van der Waals surface area contributed by atoms with Gasteiger partial charge in [0.05, 0.1) is 0 Å². The average molecular weight is 327 g/mol. The maximum atomic E-state index is 6.03. The number of hydrogen-bond donors (Lipinski definition) is 0. The molecule has 0 N–H and O–H groups in total. The van der Waals surface area contributed by atoms with Crippen LogP contribution in [0, 0.1) is 0 Å². The lowest BCUT2D eigenvalue weighted by molar-refractivity contribution is -0.0240. The number of ether oxygens (including phenoxy) is 1. The van der Waals surface area contributed by atoms with E-state index in [1.165, 1.54) is 119 Å². The molecule has 0 spiro atoms. The van der Waals surface area contributed by atoms with Gasteiger partial charge in [-0.1, -0.05) is 90.4 Å². The Kier molecular flexibility index (Phi) is 12.5. The van der Waals surface area contributed by atoms with Crippen molar-refractivity contribution in [2.24, 2.45) is 0 Å². The van der Waals surface area contributed by atoms with Crippen LogP contribution in [0.4, 0.5) is 0 Å². The first-order valence-electron chi connectivity index (χ1n) is 10.4. The Hall–Kier alpha value is 0.177. The SMILES string of the molecule is CCCCCCCCCCCCCCCC1([SiH3])CCCCO1. The molecule has 0 bridgehead atoms. The molecule has 1 unspecified atom stereocenters. The molecule has 0 aromatic carbocycles. The maximum absolute atomic E-state index is 6.03. The van der Waals surface area contributed by atoms with Gasteiger partial charge in [0.15, 0.2) is 0 Å². The minimum absolute atomic E-state index is 0.357. The molecular formula is C20H42OSi. The van der Waals surface area contributed by atoms with Crippen molar-refractivity contribution in [3.8, 4) is 0 Å². The molecule has 0 aliphatic carbocycles. The van der Waals surface area contributed by atoms with Gasteiger partial charge in [-0.2, -0.15) is 0 Å². The zero-order valence-electron chi connectivity index (χ0n) is 15.6. The van der Waals surface area contributed by atoms with E-state index in [0.29, 0.717) is 5.22 Å². The van der Waals surface area contributed by atoms with Crippen LogP contribution in [0.1, 0.15) is 116 Å². The summed E-state index contributed by atoms with van der Waals surface area (Å²) < 4.78 is 6.03. The molecule has 1 aliphatic heterocycles. The summed E-state index contributed by atoms with van der Waals surface area (Å²) in [6.07, 6.45) is 24.2. The average Bonchev–Trinajstić information content (AvgIpc) is 2.52. The highest BCUT2D eigenvalue weighted by molar-refractivity contribution is 6.14. The van der Waals surface area contributed by atoms with Crippen LogP contribution < -0.4 is 0 Å². The molecule has 1 aliphatic rings. The van der Waals surface area contributed by atoms with Crippen LogP contribution in [0.25, 0.3) is 0 Å². The Labute approximate surface area is 143 Å². The predicted octanol–water partition coefficient (Wildman–Crippen LogP) is 5.73. The molecule has 0 radical (unpaired) electrons. The minimum atomic E-state index is 0.357. The maximum Gasteiger partial charge on any atom is 0.0486 e. The van der Waals surface area contributed by atoms with E-state index < -0.39 is 0 Å². The number of unbranched alkanes of at least 4 members (excludes halogenated alkanes) is 12. The van der Waals surface area contributed by atoms with Gasteiger partial charge in [0, 0.05) is 22.1 Å². The summed E-state index contributed by atoms with van der Waals surface area (Å²) in [4.78, 5) is 0. The van der Waals surface area contributed by atoms with Crippen molar-refractivity contribution in [2.45, 2.75) is 121 Å². The highest BCUT2D eigenvalue weighted by Gasteiger charge is 2.26. The fourth-order valence-corrected chi connectivity index (χ4v) is 4.62. The van der Waals surface area contributed by atoms with Gasteiger partial charge in [-0.15, -0.1) is 0 Å². The zero-order chi connectivity index (χ0) is 15.9. The Bertz CT molecular complexity index is 236. The molecule has 1 heterocycles. The van der Waals surface area contributed by atoms with Crippen LogP contribution >= 0.6 is 0 Å². The van der Waals surface area contributed by atoms with E-state index in [2.05, 4.69) is 6.92 Å². The van der Waals surface area contributed by atoms with Gasteiger partial charge in [-0.3, -0.25) is 0 Å². The lowest BCUT2D eigenvalue weighted by Gasteiger charge is -2.34. The number of hydrogen-bond acceptors (Lipinski definition) is 1. The van der Waals surface area contributed by atoms with Crippen molar-refractivity contribution < 1.29 is 4.74 Å². The molecule has 0 saturated carbocycles. The van der Waals surface area contributed by atoms with E-state index >= 15 is 0 Å². The Balaban J connectivity index is 1.76. The molecule has 1 saturated heterocycles. The monoisotopic (exact) mass is 326 g/mol. The first-order valence-corrected chi connectivity index (χ1v) is 11.4. The molecule has 22 heavy (non-hydrogen) atoms. The topological polar surface area (TPSA) is 9.23 Å². The van der Waals surface area contributed by atoms with Gasteiger partial charge in [-0.05, 0) is 25.7 Å². The van der Waals surface area contributed by atoms with E-state index in [4.69, 9.17) is 4.74 Å². The van der Waals surface area contributed by atoms with Crippen molar-refractivity contribution in [3.63, 3.8) is 0 Å². The second-order valence-corrected chi connectivity index (χ2v) is 9.57. The molecule has 0 aromatic rings. The highest BCUT2D eigenvalue weighted by atomic mass is 28.1. The Morgan fingerprint density at radius 2 is 1.23 bits per heavy atom. The molecule has 1 rings (SSSR count). The molecular weight excluding hydrogens is 284 g/mol. The third-order valence-corrected chi connectivity index (χ3v) is 6.65. The van der Waals surface area contributed by atoms with E-state index in [-0.39, 0.29) is 0 Å². The van der Waals surface area contributed by atoms with Crippen molar-refractivity contribution >= 4 is 10.2 Å². The van der Waals surface area contributed by atoms with E-state index in [1.807, 2.05) is 0 Å². The Morgan fingerprint density at radius 3 is 1.68 bits per heavy atom. The first kappa shape index (κ1) is 20.2. The largest absolute Gasteiger partial charge is 0.380 e. The summed E-state index contributed by atoms with van der Waals surface area (Å²) in [5.41, 5.74) is 0. The lowest BCUT2D eigenvalue weighted by atomic mass is 10.0. The quantitative estimate of drug-likeness (QED) is 0.292. The van der Waals surface area contributed by atoms with E-state index in [1.54, 1.807) is 0 Å². The van der Waals surface area contributed by atoms with Crippen molar-refractivity contribution in [2.75, 3.05) is 6.61 Å². The molecule has 1 atom stereocenters. The van der Waals surface area contributed by atoms with Gasteiger partial charge >= 0.3 is 0 Å². The molecule has 0 amide bonds. The van der Waals surface area contributed by atoms with Crippen molar-refractivity contribution in [1.29, 1.82) is 0 Å². The van der Waals surface area contributed by atoms with Crippen LogP contribution in [0.5, 0.6) is 0 Å². The van der Waals surface area contributed by atoms with Gasteiger partial charge in [-0.25, -0.2) is 0 Å². The zero-order valence-corrected chi connectivity index (χ0v) is 17.6. The van der Waals surface area contributed by atoms with Crippen LogP contribution in [-0.4, -0.2) is 22.1 Å². The minimum Gasteiger partial charge on any atom is -0.380 e. The fourth-order valence-electron chi connectivity index (χ4n) is 3.71. The molecule has 132 valence electrons. The molecule has 1 fully saturated rings. The standard InChI is InChI=1S/C20H42OSi/c1-2-3-4-5-6-7-8-9-10-11-12-13-14-17-20(22)18-15-16-19-21-20/h2-19H2,1,22H3. The third-order valence-electron chi connectivity index (χ3n) is 5.36. The van der Waals surface area contributed by atoms with Crippen LogP contribution in [-0.2, 0) is 4.74 Å². The molecule has 1 nitrogen and oxygen atoms in total. The van der Waals surface area contributed by atoms with Crippen LogP contribution in [0.2, 0.25) is 0 Å². The summed E-state index contributed by atoms with van der Waals surface area (Å²) in [5, 5.41) is 0.357. The lowest BCUT2D eigenvalue weighted by Crippen LogP contribution is -2.36. The molecule has 0 aromatic heterocycles. The first-order chi connectivity index (χ1) is 10.8. The third kappa shape index (κ3) is 10.8. The van der Waals surface area contributed by atoms with Gasteiger partial charge < -0.3 is 4.74 Å². The molecule has 2 heteroatoms. The summed E-state index contributed by atoms with van der Waals surface area (Å²) in [6, 6.07) is 0. The van der Waals surface area contributed by atoms with E-state index in [9.17, 15) is 0 Å². The Morgan fingerprint density at radius 1 is 0.727 bits per heavy atom.